The van der Waals surface area contributed by atoms with E-state index in [0.29, 0.717) is 24.1 Å². The third-order valence-corrected chi connectivity index (χ3v) is 4.25. The van der Waals surface area contributed by atoms with Gasteiger partial charge in [0.15, 0.2) is 5.96 Å². The van der Waals surface area contributed by atoms with Crippen molar-refractivity contribution in [1.82, 2.24) is 15.6 Å². The Labute approximate surface area is 145 Å². The van der Waals surface area contributed by atoms with E-state index >= 15 is 0 Å². The van der Waals surface area contributed by atoms with Gasteiger partial charge in [-0.2, -0.15) is 0 Å². The first-order valence-corrected chi connectivity index (χ1v) is 8.65. The number of guanidine groups is 1. The number of rotatable bonds is 6. The molecule has 0 bridgehead atoms. The predicted octanol–water partition coefficient (Wildman–Crippen LogP) is 2.89. The summed E-state index contributed by atoms with van der Waals surface area (Å²) in [6.07, 6.45) is 1.22. The van der Waals surface area contributed by atoms with Gasteiger partial charge in [-0.05, 0) is 31.5 Å². The SMILES string of the molecule is CCNC(=NCc1ncc(C)s1)NCC(O)c1ccc(Cl)cc1. The van der Waals surface area contributed by atoms with Gasteiger partial charge in [0.25, 0.3) is 0 Å². The first kappa shape index (κ1) is 17.7. The quantitative estimate of drug-likeness (QED) is 0.552. The highest BCUT2D eigenvalue weighted by molar-refractivity contribution is 7.11. The van der Waals surface area contributed by atoms with Gasteiger partial charge < -0.3 is 15.7 Å². The smallest absolute Gasteiger partial charge is 0.191 e. The molecule has 124 valence electrons. The topological polar surface area (TPSA) is 69.5 Å². The van der Waals surface area contributed by atoms with Crippen LogP contribution in [0.1, 0.15) is 28.5 Å². The van der Waals surface area contributed by atoms with E-state index in [1.165, 1.54) is 4.88 Å². The van der Waals surface area contributed by atoms with Gasteiger partial charge in [0, 0.05) is 29.2 Å². The summed E-state index contributed by atoms with van der Waals surface area (Å²) in [5, 5.41) is 18.1. The summed E-state index contributed by atoms with van der Waals surface area (Å²) in [7, 11) is 0. The number of thiazole rings is 1. The fourth-order valence-corrected chi connectivity index (χ4v) is 2.80. The summed E-state index contributed by atoms with van der Waals surface area (Å²) in [5.74, 6) is 0.661. The van der Waals surface area contributed by atoms with Gasteiger partial charge in [0.2, 0.25) is 0 Å². The lowest BCUT2D eigenvalue weighted by molar-refractivity contribution is 0.181. The Bertz CT molecular complexity index is 642. The maximum atomic E-state index is 10.2. The number of benzene rings is 1. The lowest BCUT2D eigenvalue weighted by Crippen LogP contribution is -2.39. The largest absolute Gasteiger partial charge is 0.387 e. The second-order valence-electron chi connectivity index (χ2n) is 5.01. The number of nitrogens with one attached hydrogen (secondary N) is 2. The molecular formula is C16H21ClN4OS. The van der Waals surface area contributed by atoms with Gasteiger partial charge in [0.1, 0.15) is 5.01 Å². The zero-order valence-corrected chi connectivity index (χ0v) is 14.8. The van der Waals surface area contributed by atoms with Crippen molar-refractivity contribution in [2.24, 2.45) is 4.99 Å². The number of halogens is 1. The third kappa shape index (κ3) is 5.82. The second kappa shape index (κ2) is 8.86. The Morgan fingerprint density at radius 2 is 2.09 bits per heavy atom. The Hall–Kier alpha value is -1.63. The van der Waals surface area contributed by atoms with Crippen LogP contribution >= 0.6 is 22.9 Å². The summed E-state index contributed by atoms with van der Waals surface area (Å²) in [5.41, 5.74) is 0.813. The molecule has 0 saturated heterocycles. The van der Waals surface area contributed by atoms with Crippen molar-refractivity contribution < 1.29 is 5.11 Å². The van der Waals surface area contributed by atoms with Gasteiger partial charge in [-0.3, -0.25) is 0 Å². The van der Waals surface area contributed by atoms with Gasteiger partial charge in [-0.25, -0.2) is 9.98 Å². The molecule has 2 aromatic rings. The molecule has 1 heterocycles. The monoisotopic (exact) mass is 352 g/mol. The van der Waals surface area contributed by atoms with E-state index in [4.69, 9.17) is 11.6 Å². The van der Waals surface area contributed by atoms with E-state index in [1.54, 1.807) is 23.5 Å². The average Bonchev–Trinajstić information content (AvgIpc) is 2.96. The summed E-state index contributed by atoms with van der Waals surface area (Å²) >= 11 is 7.49. The number of aryl methyl sites for hydroxylation is 1. The van der Waals surface area contributed by atoms with Crippen LogP contribution < -0.4 is 10.6 Å². The zero-order chi connectivity index (χ0) is 16.7. The molecule has 0 aliphatic rings. The fraction of sp³-hybridized carbons (Fsp3) is 0.375. The van der Waals surface area contributed by atoms with Crippen molar-refractivity contribution in [3.63, 3.8) is 0 Å². The molecule has 2 rings (SSSR count). The number of aliphatic hydroxyl groups excluding tert-OH is 1. The molecule has 0 saturated carbocycles. The van der Waals surface area contributed by atoms with Crippen molar-refractivity contribution in [1.29, 1.82) is 0 Å². The lowest BCUT2D eigenvalue weighted by atomic mass is 10.1. The molecule has 0 fully saturated rings. The summed E-state index contributed by atoms with van der Waals surface area (Å²) < 4.78 is 0. The van der Waals surface area contributed by atoms with Crippen molar-refractivity contribution in [3.05, 3.63) is 50.9 Å². The molecule has 1 aromatic carbocycles. The van der Waals surface area contributed by atoms with E-state index in [-0.39, 0.29) is 0 Å². The fourth-order valence-electron chi connectivity index (χ4n) is 1.96. The molecule has 0 amide bonds. The maximum absolute atomic E-state index is 10.2. The Kier molecular flexibility index (Phi) is 6.83. The number of hydrogen-bond donors (Lipinski definition) is 3. The minimum atomic E-state index is -0.627. The van der Waals surface area contributed by atoms with Crippen molar-refractivity contribution in [2.75, 3.05) is 13.1 Å². The Balaban J connectivity index is 1.91. The summed E-state index contributed by atoms with van der Waals surface area (Å²) in [6.45, 7) is 5.66. The second-order valence-corrected chi connectivity index (χ2v) is 6.76. The van der Waals surface area contributed by atoms with Crippen LogP contribution in [0.4, 0.5) is 0 Å². The number of nitrogens with zero attached hydrogens (tertiary/aromatic N) is 2. The van der Waals surface area contributed by atoms with E-state index in [0.717, 1.165) is 17.1 Å². The first-order valence-electron chi connectivity index (χ1n) is 7.45. The predicted molar refractivity (Wildman–Crippen MR) is 96.1 cm³/mol. The zero-order valence-electron chi connectivity index (χ0n) is 13.2. The highest BCUT2D eigenvalue weighted by Crippen LogP contribution is 2.16. The van der Waals surface area contributed by atoms with Crippen molar-refractivity contribution >= 4 is 28.9 Å². The van der Waals surface area contributed by atoms with E-state index in [1.807, 2.05) is 32.2 Å². The Morgan fingerprint density at radius 3 is 2.70 bits per heavy atom. The molecule has 1 unspecified atom stereocenters. The minimum Gasteiger partial charge on any atom is -0.387 e. The average molecular weight is 353 g/mol. The Morgan fingerprint density at radius 1 is 1.35 bits per heavy atom. The van der Waals surface area contributed by atoms with Gasteiger partial charge >= 0.3 is 0 Å². The number of hydrogen-bond acceptors (Lipinski definition) is 4. The molecular weight excluding hydrogens is 332 g/mol. The minimum absolute atomic E-state index is 0.365. The van der Waals surface area contributed by atoms with Gasteiger partial charge in [0.05, 0.1) is 12.6 Å². The van der Waals surface area contributed by atoms with Crippen LogP contribution in [0.5, 0.6) is 0 Å². The summed E-state index contributed by atoms with van der Waals surface area (Å²) in [4.78, 5) is 9.95. The van der Waals surface area contributed by atoms with Gasteiger partial charge in [-0.15, -0.1) is 11.3 Å². The number of aliphatic imine (C=N–C) groups is 1. The molecule has 5 nitrogen and oxygen atoms in total. The van der Waals surface area contributed by atoms with Gasteiger partial charge in [-0.1, -0.05) is 23.7 Å². The van der Waals surface area contributed by atoms with E-state index in [2.05, 4.69) is 20.6 Å². The van der Waals surface area contributed by atoms with Crippen LogP contribution in [0, 0.1) is 6.92 Å². The normalized spacial score (nSPS) is 13.0. The molecule has 0 aliphatic carbocycles. The standard InChI is InChI=1S/C16H21ClN4OS/c1-3-18-16(21-10-15-19-8-11(2)23-15)20-9-14(22)12-4-6-13(17)7-5-12/h4-8,14,22H,3,9-10H2,1-2H3,(H2,18,20,21). The summed E-state index contributed by atoms with van der Waals surface area (Å²) in [6, 6.07) is 7.17. The first-order chi connectivity index (χ1) is 11.1. The third-order valence-electron chi connectivity index (χ3n) is 3.10. The van der Waals surface area contributed by atoms with Crippen LogP contribution in [-0.2, 0) is 6.54 Å². The van der Waals surface area contributed by atoms with Crippen molar-refractivity contribution in [3.8, 4) is 0 Å². The van der Waals surface area contributed by atoms with Crippen LogP contribution in [-0.4, -0.2) is 29.1 Å². The molecule has 23 heavy (non-hydrogen) atoms. The molecule has 7 heteroatoms. The molecule has 1 atom stereocenters. The van der Waals surface area contributed by atoms with Crippen LogP contribution in [0.3, 0.4) is 0 Å². The molecule has 1 aromatic heterocycles. The van der Waals surface area contributed by atoms with E-state index < -0.39 is 6.10 Å². The lowest BCUT2D eigenvalue weighted by Gasteiger charge is -2.15. The van der Waals surface area contributed by atoms with Crippen LogP contribution in [0.2, 0.25) is 5.02 Å². The number of aliphatic hydroxyl groups is 1. The maximum Gasteiger partial charge on any atom is 0.191 e. The molecule has 0 radical (unpaired) electrons. The van der Waals surface area contributed by atoms with Crippen LogP contribution in [0.15, 0.2) is 35.5 Å². The highest BCUT2D eigenvalue weighted by Gasteiger charge is 2.08. The highest BCUT2D eigenvalue weighted by atomic mass is 35.5. The number of aromatic nitrogens is 1. The van der Waals surface area contributed by atoms with Crippen molar-refractivity contribution in [2.45, 2.75) is 26.5 Å². The molecule has 0 aliphatic heterocycles. The molecule has 3 N–H and O–H groups in total. The molecule has 0 spiro atoms. The van der Waals surface area contributed by atoms with Crippen LogP contribution in [0.25, 0.3) is 0 Å². The van der Waals surface area contributed by atoms with E-state index in [9.17, 15) is 5.11 Å².